The predicted molar refractivity (Wildman–Crippen MR) is 89.6 cm³/mol. The molecule has 2 aromatic carbocycles. The molecule has 0 bridgehead atoms. The Labute approximate surface area is 153 Å². The monoisotopic (exact) mass is 395 g/mol. The van der Waals surface area contributed by atoms with Crippen LogP contribution in [0.15, 0.2) is 48.5 Å². The summed E-state index contributed by atoms with van der Waals surface area (Å²) in [7, 11) is 0. The van der Waals surface area contributed by atoms with Crippen LogP contribution in [0.1, 0.15) is 11.7 Å². The fourth-order valence-corrected chi connectivity index (χ4v) is 1.95. The standard InChI is InChI=1S/C7H6N2O4.C6H3N3O6/c10-8(11)7(9(12)13)6-4-2-1-3-5-6;10-7(11)4-2-1-3-5(8(12)13)6(4)9(14)15/h1-5,7H;1-3H. The molecule has 0 saturated heterocycles. The molecule has 2 aromatic rings. The summed E-state index contributed by atoms with van der Waals surface area (Å²) in [5.41, 5.74) is -2.81. The highest BCUT2D eigenvalue weighted by atomic mass is 16.7. The molecule has 0 radical (unpaired) electrons. The number of nitro groups is 5. The summed E-state index contributed by atoms with van der Waals surface area (Å²) in [5, 5.41) is 51.8. The third-order valence-corrected chi connectivity index (χ3v) is 3.07. The van der Waals surface area contributed by atoms with Gasteiger partial charge in [-0.1, -0.05) is 18.2 Å². The van der Waals surface area contributed by atoms with Gasteiger partial charge < -0.3 is 0 Å². The molecule has 0 aliphatic heterocycles. The van der Waals surface area contributed by atoms with Crippen LogP contribution in [0.5, 0.6) is 0 Å². The molecule has 0 amide bonds. The zero-order chi connectivity index (χ0) is 21.4. The van der Waals surface area contributed by atoms with Crippen LogP contribution in [0.4, 0.5) is 17.1 Å². The topological polar surface area (TPSA) is 216 Å². The summed E-state index contributed by atoms with van der Waals surface area (Å²) in [6, 6.07) is 10.1. The maximum atomic E-state index is 10.4. The SMILES string of the molecule is O=[N+]([O-])C(c1ccccc1)[N+](=O)[O-].O=[N+]([O-])c1cccc([N+](=O)[O-])c1[N+](=O)[O-]. The molecule has 15 nitrogen and oxygen atoms in total. The second kappa shape index (κ2) is 9.22. The Kier molecular flexibility index (Phi) is 7.08. The van der Waals surface area contributed by atoms with Crippen molar-refractivity contribution in [1.82, 2.24) is 0 Å². The fourth-order valence-electron chi connectivity index (χ4n) is 1.95. The summed E-state index contributed by atoms with van der Waals surface area (Å²) in [6.45, 7) is 0. The van der Waals surface area contributed by atoms with Crippen LogP contribution >= 0.6 is 0 Å². The van der Waals surface area contributed by atoms with E-state index >= 15 is 0 Å². The average Bonchev–Trinajstić information content (AvgIpc) is 2.61. The smallest absolute Gasteiger partial charge is 0.258 e. The van der Waals surface area contributed by atoms with Gasteiger partial charge in [0.05, 0.1) is 14.8 Å². The second-order valence-electron chi connectivity index (χ2n) is 4.77. The van der Waals surface area contributed by atoms with Crippen molar-refractivity contribution in [2.24, 2.45) is 0 Å². The highest BCUT2D eigenvalue weighted by Crippen LogP contribution is 2.35. The van der Waals surface area contributed by atoms with Gasteiger partial charge in [0.2, 0.25) is 0 Å². The van der Waals surface area contributed by atoms with Crippen LogP contribution < -0.4 is 0 Å². The summed E-state index contributed by atoms with van der Waals surface area (Å²) in [6.07, 6.45) is -1.86. The maximum absolute atomic E-state index is 10.4. The third kappa shape index (κ3) is 5.22. The van der Waals surface area contributed by atoms with Crippen molar-refractivity contribution in [2.45, 2.75) is 6.17 Å². The first-order chi connectivity index (χ1) is 13.1. The van der Waals surface area contributed by atoms with Crippen molar-refractivity contribution in [3.63, 3.8) is 0 Å². The molecule has 2 rings (SSSR count). The van der Waals surface area contributed by atoms with Crippen molar-refractivity contribution in [3.8, 4) is 0 Å². The van der Waals surface area contributed by atoms with Crippen molar-refractivity contribution in [3.05, 3.63) is 105 Å². The molecule has 0 unspecified atom stereocenters. The number of hydrogen-bond donors (Lipinski definition) is 0. The molecular formula is C13H9N5O10. The van der Waals surface area contributed by atoms with Crippen molar-refractivity contribution in [1.29, 1.82) is 0 Å². The first kappa shape index (κ1) is 21.5. The van der Waals surface area contributed by atoms with E-state index in [0.717, 1.165) is 18.2 Å². The summed E-state index contributed by atoms with van der Waals surface area (Å²) in [4.78, 5) is 46.8. The van der Waals surface area contributed by atoms with E-state index in [1.54, 1.807) is 6.07 Å². The number of para-hydroxylation sites is 1. The Morgan fingerprint density at radius 3 is 1.32 bits per heavy atom. The molecule has 0 N–H and O–H groups in total. The Balaban J connectivity index is 0.000000283. The van der Waals surface area contributed by atoms with Gasteiger partial charge in [0, 0.05) is 12.1 Å². The van der Waals surface area contributed by atoms with E-state index in [1.807, 2.05) is 0 Å². The minimum atomic E-state index is -1.86. The number of benzene rings is 2. The van der Waals surface area contributed by atoms with Crippen molar-refractivity contribution < 1.29 is 24.6 Å². The normalized spacial score (nSPS) is 9.75. The molecule has 28 heavy (non-hydrogen) atoms. The predicted octanol–water partition coefficient (Wildman–Crippen LogP) is 2.65. The molecule has 0 aliphatic rings. The molecule has 0 fully saturated rings. The number of nitrogens with zero attached hydrogens (tertiary/aromatic N) is 5. The van der Waals surface area contributed by atoms with Gasteiger partial charge in [0.25, 0.3) is 0 Å². The lowest BCUT2D eigenvalue weighted by Gasteiger charge is -2.00. The van der Waals surface area contributed by atoms with E-state index in [2.05, 4.69) is 0 Å². The van der Waals surface area contributed by atoms with Crippen LogP contribution in [0.2, 0.25) is 0 Å². The molecule has 0 aliphatic carbocycles. The number of nitro benzene ring substituents is 3. The zero-order valence-corrected chi connectivity index (χ0v) is 13.5. The number of hydrogen-bond acceptors (Lipinski definition) is 10. The summed E-state index contributed by atoms with van der Waals surface area (Å²) in [5.74, 6) is 0. The summed E-state index contributed by atoms with van der Waals surface area (Å²) >= 11 is 0. The Morgan fingerprint density at radius 1 is 0.571 bits per heavy atom. The molecule has 0 saturated carbocycles. The quantitative estimate of drug-likeness (QED) is 0.395. The van der Waals surface area contributed by atoms with Crippen molar-refractivity contribution in [2.75, 3.05) is 0 Å². The van der Waals surface area contributed by atoms with Gasteiger partial charge in [-0.2, -0.15) is 0 Å². The van der Waals surface area contributed by atoms with E-state index in [0.29, 0.717) is 0 Å². The molecular weight excluding hydrogens is 386 g/mol. The lowest BCUT2D eigenvalue weighted by molar-refractivity contribution is -0.752. The van der Waals surface area contributed by atoms with Gasteiger partial charge >= 0.3 is 23.2 Å². The fraction of sp³-hybridized carbons (Fsp3) is 0.0769. The molecule has 0 spiro atoms. The van der Waals surface area contributed by atoms with Gasteiger partial charge in [-0.05, 0) is 18.2 Å². The highest BCUT2D eigenvalue weighted by Gasteiger charge is 2.35. The first-order valence-electron chi connectivity index (χ1n) is 6.96. The zero-order valence-electron chi connectivity index (χ0n) is 13.5. The second-order valence-corrected chi connectivity index (χ2v) is 4.77. The van der Waals surface area contributed by atoms with Crippen LogP contribution in [0.3, 0.4) is 0 Å². The van der Waals surface area contributed by atoms with E-state index in [1.165, 1.54) is 24.3 Å². The summed E-state index contributed by atoms with van der Waals surface area (Å²) < 4.78 is 0. The average molecular weight is 395 g/mol. The largest absolute Gasteiger partial charge is 0.476 e. The third-order valence-electron chi connectivity index (χ3n) is 3.07. The van der Waals surface area contributed by atoms with Gasteiger partial charge in [0.15, 0.2) is 0 Å². The van der Waals surface area contributed by atoms with Gasteiger partial charge in [-0.3, -0.25) is 50.6 Å². The first-order valence-corrected chi connectivity index (χ1v) is 6.96. The Morgan fingerprint density at radius 2 is 1.00 bits per heavy atom. The van der Waals surface area contributed by atoms with Crippen molar-refractivity contribution >= 4 is 17.1 Å². The highest BCUT2D eigenvalue weighted by molar-refractivity contribution is 5.65. The van der Waals surface area contributed by atoms with Gasteiger partial charge in [0.1, 0.15) is 15.4 Å². The minimum absolute atomic E-state index is 0.0810. The Hall–Kier alpha value is -4.56. The van der Waals surface area contributed by atoms with E-state index in [4.69, 9.17) is 0 Å². The molecule has 0 aromatic heterocycles. The van der Waals surface area contributed by atoms with Gasteiger partial charge in [-0.25, -0.2) is 0 Å². The maximum Gasteiger partial charge on any atom is 0.476 e. The van der Waals surface area contributed by atoms with Gasteiger partial charge in [-0.15, -0.1) is 0 Å². The molecule has 15 heteroatoms. The minimum Gasteiger partial charge on any atom is -0.258 e. The van der Waals surface area contributed by atoms with Crippen LogP contribution in [-0.2, 0) is 0 Å². The van der Waals surface area contributed by atoms with E-state index < -0.39 is 47.8 Å². The van der Waals surface area contributed by atoms with E-state index in [9.17, 15) is 50.6 Å². The van der Waals surface area contributed by atoms with Crippen LogP contribution in [0.25, 0.3) is 0 Å². The lowest BCUT2D eigenvalue weighted by Crippen LogP contribution is -2.19. The molecule has 0 atom stereocenters. The lowest BCUT2D eigenvalue weighted by atomic mass is 10.2. The Bertz CT molecular complexity index is 886. The van der Waals surface area contributed by atoms with E-state index in [-0.39, 0.29) is 5.56 Å². The molecule has 0 heterocycles. The van der Waals surface area contributed by atoms with Crippen LogP contribution in [0, 0.1) is 50.6 Å². The van der Waals surface area contributed by atoms with Crippen LogP contribution in [-0.4, -0.2) is 24.6 Å². The number of rotatable bonds is 6. The molecule has 146 valence electrons.